The molecule has 1 rings (SSSR count). The van der Waals surface area contributed by atoms with E-state index in [1.165, 1.54) is 12.1 Å². The molecule has 0 aliphatic heterocycles. The summed E-state index contributed by atoms with van der Waals surface area (Å²) in [7, 11) is -8.44. The van der Waals surface area contributed by atoms with Crippen LogP contribution in [0.25, 0.3) is 0 Å². The first-order valence-corrected chi connectivity index (χ1v) is 12.9. The molecule has 0 saturated carbocycles. The Hall–Kier alpha value is -2.02. The predicted octanol–water partition coefficient (Wildman–Crippen LogP) is 2.84. The Balaban J connectivity index is 0.000000618. The summed E-state index contributed by atoms with van der Waals surface area (Å²) in [6.07, 6.45) is 1.61. The number of benzene rings is 1. The lowest BCUT2D eigenvalue weighted by atomic mass is 9.91. The van der Waals surface area contributed by atoms with E-state index in [0.29, 0.717) is 12.3 Å². The minimum absolute atomic E-state index is 0.0513. The van der Waals surface area contributed by atoms with Crippen LogP contribution in [-0.2, 0) is 39.3 Å². The number of rotatable bonds is 10. The topological polar surface area (TPSA) is 161 Å². The third kappa shape index (κ3) is 12.1. The van der Waals surface area contributed by atoms with E-state index in [0.717, 1.165) is 12.0 Å². The maximum atomic E-state index is 11.5. The first-order valence-electron chi connectivity index (χ1n) is 9.89. The van der Waals surface area contributed by atoms with E-state index in [1.54, 1.807) is 26.0 Å². The Labute approximate surface area is 189 Å². The standard InChI is InChI=1S/C10H18O7S.C10H14O3S/c1-4-10(2,3)9(12)17-6-5-16-8(11)7-18(13,14)15;1-3-8(2)9-4-6-10(7-5-9)14(11,12)13/h4-7H2,1-3H3,(H,13,14,15);4-8H,3H2,1-2H3,(H,11,12,13). The first kappa shape index (κ1) is 30.0. The van der Waals surface area contributed by atoms with Crippen molar-refractivity contribution in [2.75, 3.05) is 19.0 Å². The van der Waals surface area contributed by atoms with E-state index < -0.39 is 43.3 Å². The second kappa shape index (κ2) is 12.9. The van der Waals surface area contributed by atoms with Crippen LogP contribution in [-0.4, -0.2) is 56.8 Å². The molecular formula is C20H32O10S2. The molecular weight excluding hydrogens is 464 g/mol. The molecule has 0 fully saturated rings. The Morgan fingerprint density at radius 2 is 1.47 bits per heavy atom. The molecule has 184 valence electrons. The summed E-state index contributed by atoms with van der Waals surface area (Å²) in [6, 6.07) is 6.32. The van der Waals surface area contributed by atoms with Crippen molar-refractivity contribution in [3.8, 4) is 0 Å². The minimum atomic E-state index is -4.39. The summed E-state index contributed by atoms with van der Waals surface area (Å²) in [4.78, 5) is 22.3. The Morgan fingerprint density at radius 1 is 0.969 bits per heavy atom. The van der Waals surface area contributed by atoms with Crippen LogP contribution >= 0.6 is 0 Å². The maximum Gasteiger partial charge on any atom is 0.323 e. The molecule has 0 radical (unpaired) electrons. The molecule has 10 nitrogen and oxygen atoms in total. The molecule has 0 aromatic heterocycles. The van der Waals surface area contributed by atoms with Crippen LogP contribution in [0.15, 0.2) is 29.2 Å². The molecule has 12 heteroatoms. The summed E-state index contributed by atoms with van der Waals surface area (Å²) in [5, 5.41) is 0. The van der Waals surface area contributed by atoms with Crippen molar-refractivity contribution < 1.29 is 45.0 Å². The van der Waals surface area contributed by atoms with Crippen LogP contribution in [0.5, 0.6) is 0 Å². The third-order valence-corrected chi connectivity index (χ3v) is 6.14. The zero-order chi connectivity index (χ0) is 25.2. The molecule has 0 bridgehead atoms. The average molecular weight is 497 g/mol. The van der Waals surface area contributed by atoms with Crippen molar-refractivity contribution in [3.05, 3.63) is 29.8 Å². The highest BCUT2D eigenvalue weighted by Gasteiger charge is 2.27. The van der Waals surface area contributed by atoms with E-state index in [1.807, 2.05) is 6.92 Å². The first-order chi connectivity index (χ1) is 14.5. The van der Waals surface area contributed by atoms with Gasteiger partial charge in [0.25, 0.3) is 20.2 Å². The SMILES string of the molecule is CCC(C)(C)C(=O)OCCOC(=O)CS(=O)(=O)O.CCC(C)c1ccc(S(=O)(=O)O)cc1. The number of carbonyl (C=O) groups is 2. The van der Waals surface area contributed by atoms with Gasteiger partial charge in [0.2, 0.25) is 0 Å². The van der Waals surface area contributed by atoms with Gasteiger partial charge in [0.15, 0.2) is 5.75 Å². The fourth-order valence-electron chi connectivity index (χ4n) is 2.02. The van der Waals surface area contributed by atoms with E-state index in [2.05, 4.69) is 18.6 Å². The van der Waals surface area contributed by atoms with Gasteiger partial charge in [0.05, 0.1) is 10.3 Å². The molecule has 2 N–H and O–H groups in total. The van der Waals surface area contributed by atoms with Gasteiger partial charge in [-0.2, -0.15) is 16.8 Å². The fraction of sp³-hybridized carbons (Fsp3) is 0.600. The molecule has 0 saturated heterocycles. The molecule has 1 unspecified atom stereocenters. The van der Waals surface area contributed by atoms with Gasteiger partial charge in [-0.15, -0.1) is 0 Å². The van der Waals surface area contributed by atoms with Crippen LogP contribution in [0.3, 0.4) is 0 Å². The maximum absolute atomic E-state index is 11.5. The normalized spacial score (nSPS) is 12.8. The molecule has 0 aliphatic carbocycles. The van der Waals surface area contributed by atoms with Crippen LogP contribution in [0.2, 0.25) is 0 Å². The van der Waals surface area contributed by atoms with Crippen LogP contribution < -0.4 is 0 Å². The number of carbonyl (C=O) groups excluding carboxylic acids is 2. The average Bonchev–Trinajstić information content (AvgIpc) is 2.69. The van der Waals surface area contributed by atoms with E-state index in [-0.39, 0.29) is 18.1 Å². The molecule has 0 heterocycles. The lowest BCUT2D eigenvalue weighted by Gasteiger charge is -2.20. The van der Waals surface area contributed by atoms with Gasteiger partial charge in [0, 0.05) is 0 Å². The number of hydrogen-bond acceptors (Lipinski definition) is 8. The largest absolute Gasteiger partial charge is 0.462 e. The predicted molar refractivity (Wildman–Crippen MR) is 117 cm³/mol. The van der Waals surface area contributed by atoms with Crippen molar-refractivity contribution in [2.24, 2.45) is 5.41 Å². The van der Waals surface area contributed by atoms with Gasteiger partial charge < -0.3 is 9.47 Å². The van der Waals surface area contributed by atoms with Gasteiger partial charge in [-0.05, 0) is 50.3 Å². The summed E-state index contributed by atoms with van der Waals surface area (Å²) in [5.41, 5.74) is 0.471. The number of ether oxygens (including phenoxy) is 2. The Bertz CT molecular complexity index is 949. The highest BCUT2D eigenvalue weighted by Crippen LogP contribution is 2.21. The molecule has 0 aliphatic rings. The monoisotopic (exact) mass is 496 g/mol. The molecule has 1 aromatic carbocycles. The van der Waals surface area contributed by atoms with Crippen LogP contribution in [0.4, 0.5) is 0 Å². The molecule has 1 atom stereocenters. The summed E-state index contributed by atoms with van der Waals surface area (Å²) >= 11 is 0. The third-order valence-electron chi connectivity index (χ3n) is 4.68. The Morgan fingerprint density at radius 3 is 1.88 bits per heavy atom. The second-order valence-electron chi connectivity index (χ2n) is 7.67. The smallest absolute Gasteiger partial charge is 0.323 e. The van der Waals surface area contributed by atoms with Crippen molar-refractivity contribution >= 4 is 32.2 Å². The summed E-state index contributed by atoms with van der Waals surface area (Å²) in [5.74, 6) is -2.22. The molecule has 0 spiro atoms. The number of hydrogen-bond donors (Lipinski definition) is 2. The summed E-state index contributed by atoms with van der Waals surface area (Å²) in [6.45, 7) is 9.02. The lowest BCUT2D eigenvalue weighted by Crippen LogP contribution is -2.27. The van der Waals surface area contributed by atoms with E-state index in [9.17, 15) is 26.4 Å². The van der Waals surface area contributed by atoms with Crippen molar-refractivity contribution in [3.63, 3.8) is 0 Å². The van der Waals surface area contributed by atoms with Crippen molar-refractivity contribution in [1.29, 1.82) is 0 Å². The van der Waals surface area contributed by atoms with E-state index >= 15 is 0 Å². The minimum Gasteiger partial charge on any atom is -0.462 e. The zero-order valence-corrected chi connectivity index (χ0v) is 20.5. The van der Waals surface area contributed by atoms with Crippen molar-refractivity contribution in [2.45, 2.75) is 58.3 Å². The fourth-order valence-corrected chi connectivity index (χ4v) is 2.89. The van der Waals surface area contributed by atoms with Crippen LogP contribution in [0, 0.1) is 5.41 Å². The van der Waals surface area contributed by atoms with Gasteiger partial charge in [-0.1, -0.05) is 32.9 Å². The lowest BCUT2D eigenvalue weighted by molar-refractivity contribution is -0.158. The highest BCUT2D eigenvalue weighted by atomic mass is 32.2. The Kier molecular flexibility index (Phi) is 12.1. The van der Waals surface area contributed by atoms with Gasteiger partial charge in [-0.25, -0.2) is 0 Å². The molecule has 32 heavy (non-hydrogen) atoms. The van der Waals surface area contributed by atoms with Crippen molar-refractivity contribution in [1.82, 2.24) is 0 Å². The molecule has 1 aromatic rings. The number of esters is 2. The van der Waals surface area contributed by atoms with Gasteiger partial charge in [0.1, 0.15) is 13.2 Å². The van der Waals surface area contributed by atoms with E-state index in [4.69, 9.17) is 13.8 Å². The second-order valence-corrected chi connectivity index (χ2v) is 10.5. The van der Waals surface area contributed by atoms with Gasteiger partial charge in [-0.3, -0.25) is 18.7 Å². The molecule has 0 amide bonds. The van der Waals surface area contributed by atoms with Crippen LogP contribution in [0.1, 0.15) is 58.9 Å². The highest BCUT2D eigenvalue weighted by molar-refractivity contribution is 7.86. The quantitative estimate of drug-likeness (QED) is 0.280. The van der Waals surface area contributed by atoms with Gasteiger partial charge >= 0.3 is 11.9 Å². The zero-order valence-electron chi connectivity index (χ0n) is 18.9. The summed E-state index contributed by atoms with van der Waals surface area (Å²) < 4.78 is 68.5.